The highest BCUT2D eigenvalue weighted by Crippen LogP contribution is 2.35. The van der Waals surface area contributed by atoms with E-state index >= 15 is 0 Å². The molecule has 22 heavy (non-hydrogen) atoms. The largest absolute Gasteiger partial charge is 0.422 e. The quantitative estimate of drug-likeness (QED) is 0.838. The number of aryl methyl sites for hydroxylation is 2. The van der Waals surface area contributed by atoms with Gasteiger partial charge in [-0.15, -0.1) is 10.2 Å². The maximum Gasteiger partial charge on any atom is 0.250 e. The third-order valence-corrected chi connectivity index (χ3v) is 3.81. The summed E-state index contributed by atoms with van der Waals surface area (Å²) < 4.78 is 22.5. The number of ether oxygens (including phenoxy) is 2. The van der Waals surface area contributed by atoms with Gasteiger partial charge in [-0.1, -0.05) is 5.16 Å². The van der Waals surface area contributed by atoms with Gasteiger partial charge in [0, 0.05) is 12.0 Å². The lowest BCUT2D eigenvalue weighted by molar-refractivity contribution is -0.102. The molecule has 7 nitrogen and oxygen atoms in total. The van der Waals surface area contributed by atoms with Gasteiger partial charge in [-0.2, -0.15) is 0 Å². The number of nitrogens with zero attached hydrogens (tertiary/aromatic N) is 3. The van der Waals surface area contributed by atoms with Crippen LogP contribution in [0.4, 0.5) is 0 Å². The number of rotatable bonds is 5. The van der Waals surface area contributed by atoms with Gasteiger partial charge in [0.2, 0.25) is 5.89 Å². The number of hydrogen-bond donors (Lipinski definition) is 0. The first-order valence-electron chi connectivity index (χ1n) is 7.50. The van der Waals surface area contributed by atoms with E-state index in [1.165, 1.54) is 0 Å². The minimum atomic E-state index is -0.627. The summed E-state index contributed by atoms with van der Waals surface area (Å²) in [6.07, 6.45) is 1.28. The van der Waals surface area contributed by atoms with Gasteiger partial charge in [0.05, 0.1) is 31.4 Å². The van der Waals surface area contributed by atoms with Crippen molar-refractivity contribution in [1.29, 1.82) is 0 Å². The SMILES string of the molecule is Cc1noc(C)c1Cc1nnc(C2(OC(C)C)CCOC2)o1. The monoisotopic (exact) mass is 307 g/mol. The second kappa shape index (κ2) is 5.81. The Labute approximate surface area is 129 Å². The highest BCUT2D eigenvalue weighted by molar-refractivity contribution is 5.23. The molecule has 1 fully saturated rings. The van der Waals surface area contributed by atoms with Crippen molar-refractivity contribution < 1.29 is 18.4 Å². The average Bonchev–Trinajstić information content (AvgIpc) is 3.16. The van der Waals surface area contributed by atoms with Gasteiger partial charge in [0.25, 0.3) is 5.89 Å². The maximum absolute atomic E-state index is 6.03. The second-order valence-electron chi connectivity index (χ2n) is 5.94. The summed E-state index contributed by atoms with van der Waals surface area (Å²) in [5.74, 6) is 1.79. The Morgan fingerprint density at radius 3 is 2.68 bits per heavy atom. The Morgan fingerprint density at radius 2 is 2.09 bits per heavy atom. The summed E-state index contributed by atoms with van der Waals surface area (Å²) in [7, 11) is 0. The molecule has 1 unspecified atom stereocenters. The average molecular weight is 307 g/mol. The third-order valence-electron chi connectivity index (χ3n) is 3.81. The zero-order valence-corrected chi connectivity index (χ0v) is 13.4. The Kier molecular flexibility index (Phi) is 4.01. The van der Waals surface area contributed by atoms with Crippen LogP contribution in [0.25, 0.3) is 0 Å². The van der Waals surface area contributed by atoms with Crippen LogP contribution in [0.15, 0.2) is 8.94 Å². The Bertz CT molecular complexity index is 622. The molecule has 7 heteroatoms. The Morgan fingerprint density at radius 1 is 1.27 bits per heavy atom. The summed E-state index contributed by atoms with van der Waals surface area (Å²) in [6, 6.07) is 0. The summed E-state index contributed by atoms with van der Waals surface area (Å²) >= 11 is 0. The number of hydrogen-bond acceptors (Lipinski definition) is 7. The van der Waals surface area contributed by atoms with Gasteiger partial charge in [-0.25, -0.2) is 0 Å². The smallest absolute Gasteiger partial charge is 0.250 e. The van der Waals surface area contributed by atoms with Crippen LogP contribution in [0, 0.1) is 13.8 Å². The minimum Gasteiger partial charge on any atom is -0.422 e. The highest BCUT2D eigenvalue weighted by atomic mass is 16.6. The minimum absolute atomic E-state index is 0.0552. The lowest BCUT2D eigenvalue weighted by atomic mass is 10.0. The molecule has 1 aliphatic heterocycles. The van der Waals surface area contributed by atoms with E-state index in [9.17, 15) is 0 Å². The fraction of sp³-hybridized carbons (Fsp3) is 0.667. The van der Waals surface area contributed by atoms with Crippen LogP contribution in [-0.2, 0) is 21.5 Å². The van der Waals surface area contributed by atoms with Crippen LogP contribution in [0.5, 0.6) is 0 Å². The van der Waals surface area contributed by atoms with Crippen LogP contribution in [0.1, 0.15) is 49.1 Å². The van der Waals surface area contributed by atoms with Crippen molar-refractivity contribution >= 4 is 0 Å². The van der Waals surface area contributed by atoms with E-state index in [0.717, 1.165) is 23.4 Å². The van der Waals surface area contributed by atoms with Crippen molar-refractivity contribution in [3.05, 3.63) is 28.8 Å². The molecule has 120 valence electrons. The van der Waals surface area contributed by atoms with E-state index in [-0.39, 0.29) is 6.10 Å². The van der Waals surface area contributed by atoms with Crippen LogP contribution < -0.4 is 0 Å². The predicted octanol–water partition coefficient (Wildman–Crippen LogP) is 2.31. The van der Waals surface area contributed by atoms with Crippen molar-refractivity contribution in [2.24, 2.45) is 0 Å². The second-order valence-corrected chi connectivity index (χ2v) is 5.94. The lowest BCUT2D eigenvalue weighted by Crippen LogP contribution is -2.33. The Hall–Kier alpha value is -1.73. The molecular weight excluding hydrogens is 286 g/mol. The lowest BCUT2D eigenvalue weighted by Gasteiger charge is -2.26. The highest BCUT2D eigenvalue weighted by Gasteiger charge is 2.44. The van der Waals surface area contributed by atoms with Gasteiger partial charge in [-0.05, 0) is 27.7 Å². The zero-order valence-electron chi connectivity index (χ0n) is 13.4. The van der Waals surface area contributed by atoms with E-state index in [1.54, 1.807) is 0 Å². The molecule has 1 aliphatic rings. The van der Waals surface area contributed by atoms with E-state index in [0.29, 0.717) is 31.4 Å². The van der Waals surface area contributed by atoms with Crippen LogP contribution in [0.3, 0.4) is 0 Å². The standard InChI is InChI=1S/C15H21N3O4/c1-9(2)21-15(5-6-19-8-15)14-17-16-13(20-14)7-12-10(3)18-22-11(12)4/h9H,5-8H2,1-4H3. The van der Waals surface area contributed by atoms with Crippen molar-refractivity contribution in [2.45, 2.75) is 52.2 Å². The zero-order chi connectivity index (χ0) is 15.7. The molecule has 0 saturated carbocycles. The first-order valence-corrected chi connectivity index (χ1v) is 7.50. The first-order chi connectivity index (χ1) is 10.5. The van der Waals surface area contributed by atoms with Gasteiger partial charge < -0.3 is 18.4 Å². The molecule has 3 heterocycles. The molecule has 0 radical (unpaired) electrons. The first kappa shape index (κ1) is 15.2. The van der Waals surface area contributed by atoms with E-state index < -0.39 is 5.60 Å². The van der Waals surface area contributed by atoms with Crippen molar-refractivity contribution in [1.82, 2.24) is 15.4 Å². The van der Waals surface area contributed by atoms with Crippen LogP contribution in [0.2, 0.25) is 0 Å². The van der Waals surface area contributed by atoms with Gasteiger partial charge in [-0.3, -0.25) is 0 Å². The molecule has 0 aromatic carbocycles. The molecule has 2 aromatic rings. The normalized spacial score (nSPS) is 21.9. The Balaban J connectivity index is 1.83. The predicted molar refractivity (Wildman–Crippen MR) is 76.4 cm³/mol. The molecule has 0 N–H and O–H groups in total. The molecule has 3 rings (SSSR count). The van der Waals surface area contributed by atoms with Gasteiger partial charge in [0.15, 0.2) is 5.60 Å². The molecular formula is C15H21N3O4. The third kappa shape index (κ3) is 2.78. The molecule has 0 bridgehead atoms. The van der Waals surface area contributed by atoms with Crippen molar-refractivity contribution in [3.63, 3.8) is 0 Å². The number of aromatic nitrogens is 3. The summed E-state index contributed by atoms with van der Waals surface area (Å²) in [5, 5.41) is 12.3. The molecule has 0 spiro atoms. The molecule has 0 aliphatic carbocycles. The topological polar surface area (TPSA) is 83.4 Å². The fourth-order valence-electron chi connectivity index (χ4n) is 2.72. The van der Waals surface area contributed by atoms with Crippen molar-refractivity contribution in [2.75, 3.05) is 13.2 Å². The molecule has 2 aromatic heterocycles. The molecule has 1 saturated heterocycles. The van der Waals surface area contributed by atoms with Gasteiger partial charge >= 0.3 is 0 Å². The van der Waals surface area contributed by atoms with Crippen molar-refractivity contribution in [3.8, 4) is 0 Å². The summed E-state index contributed by atoms with van der Waals surface area (Å²) in [5.41, 5.74) is 1.20. The van der Waals surface area contributed by atoms with Crippen LogP contribution >= 0.6 is 0 Å². The maximum atomic E-state index is 6.03. The van der Waals surface area contributed by atoms with Gasteiger partial charge in [0.1, 0.15) is 5.76 Å². The summed E-state index contributed by atoms with van der Waals surface area (Å²) in [6.45, 7) is 8.83. The van der Waals surface area contributed by atoms with E-state index in [1.807, 2.05) is 27.7 Å². The van der Waals surface area contributed by atoms with E-state index in [2.05, 4.69) is 15.4 Å². The molecule has 1 atom stereocenters. The fourth-order valence-corrected chi connectivity index (χ4v) is 2.72. The van der Waals surface area contributed by atoms with Crippen LogP contribution in [-0.4, -0.2) is 34.7 Å². The summed E-state index contributed by atoms with van der Waals surface area (Å²) in [4.78, 5) is 0. The van der Waals surface area contributed by atoms with E-state index in [4.69, 9.17) is 18.4 Å². The molecule has 0 amide bonds.